The Morgan fingerprint density at radius 3 is 2.48 bits per heavy atom. The highest BCUT2D eigenvalue weighted by atomic mass is 15.0. The van der Waals surface area contributed by atoms with Crippen LogP contribution in [0.2, 0.25) is 0 Å². The number of imidazole rings is 1. The van der Waals surface area contributed by atoms with Crippen LogP contribution >= 0.6 is 0 Å². The number of para-hydroxylation sites is 3. The van der Waals surface area contributed by atoms with E-state index in [4.69, 9.17) is 4.98 Å². The summed E-state index contributed by atoms with van der Waals surface area (Å²) < 4.78 is 2.27. The van der Waals surface area contributed by atoms with Gasteiger partial charge in [-0.3, -0.25) is 4.40 Å². The van der Waals surface area contributed by atoms with Gasteiger partial charge in [-0.05, 0) is 37.6 Å². The lowest BCUT2D eigenvalue weighted by Crippen LogP contribution is -1.95. The van der Waals surface area contributed by atoms with E-state index in [0.717, 1.165) is 11.2 Å². The second kappa shape index (κ2) is 4.45. The largest absolute Gasteiger partial charge is 0.292 e. The number of pyridine rings is 1. The van der Waals surface area contributed by atoms with Crippen molar-refractivity contribution in [1.82, 2.24) is 9.38 Å². The van der Waals surface area contributed by atoms with Gasteiger partial charge in [0.2, 0.25) is 0 Å². The molecule has 2 nitrogen and oxygen atoms in total. The molecule has 2 aromatic carbocycles. The van der Waals surface area contributed by atoms with Crippen LogP contribution in [0.3, 0.4) is 0 Å². The molecule has 0 spiro atoms. The molecule has 0 saturated carbocycles. The Kier molecular flexibility index (Phi) is 2.58. The van der Waals surface area contributed by atoms with Gasteiger partial charge in [0.25, 0.3) is 0 Å². The van der Waals surface area contributed by atoms with Crippen LogP contribution in [-0.4, -0.2) is 9.38 Å². The van der Waals surface area contributed by atoms with E-state index in [1.165, 1.54) is 27.5 Å². The zero-order valence-corrected chi connectivity index (χ0v) is 12.2. The molecule has 0 aliphatic carbocycles. The third-order valence-electron chi connectivity index (χ3n) is 4.07. The van der Waals surface area contributed by atoms with Gasteiger partial charge in [-0.2, -0.15) is 0 Å². The molecule has 0 atom stereocenters. The number of fused-ring (bicyclic) bond motifs is 5. The molecule has 0 aliphatic rings. The lowest BCUT2D eigenvalue weighted by Gasteiger charge is -2.10. The minimum Gasteiger partial charge on any atom is -0.292 e. The number of nitrogens with zero attached hydrogens (tertiary/aromatic N) is 2. The third kappa shape index (κ3) is 1.62. The number of aryl methyl sites for hydroxylation is 1. The van der Waals surface area contributed by atoms with E-state index in [-0.39, 0.29) is 0 Å². The molecule has 0 unspecified atom stereocenters. The highest BCUT2D eigenvalue weighted by Crippen LogP contribution is 2.30. The van der Waals surface area contributed by atoms with Gasteiger partial charge < -0.3 is 0 Å². The molecule has 0 bridgehead atoms. The third-order valence-corrected chi connectivity index (χ3v) is 4.07. The molecule has 2 heteroatoms. The summed E-state index contributed by atoms with van der Waals surface area (Å²) in [4.78, 5) is 4.84. The topological polar surface area (TPSA) is 17.3 Å². The van der Waals surface area contributed by atoms with Crippen LogP contribution in [0.25, 0.3) is 33.7 Å². The van der Waals surface area contributed by atoms with Crippen LogP contribution < -0.4 is 0 Å². The lowest BCUT2D eigenvalue weighted by molar-refractivity contribution is 1.25. The summed E-state index contributed by atoms with van der Waals surface area (Å²) in [7, 11) is 0. The van der Waals surface area contributed by atoms with E-state index < -0.39 is 0 Å². The van der Waals surface area contributed by atoms with E-state index in [1.54, 1.807) is 0 Å². The van der Waals surface area contributed by atoms with Gasteiger partial charge in [0, 0.05) is 10.9 Å². The van der Waals surface area contributed by atoms with Crippen molar-refractivity contribution in [1.29, 1.82) is 0 Å². The van der Waals surface area contributed by atoms with E-state index in [9.17, 15) is 0 Å². The average molecular weight is 272 g/mol. The minimum atomic E-state index is 1.04. The number of hydrogen-bond acceptors (Lipinski definition) is 1. The molecule has 0 fully saturated rings. The Morgan fingerprint density at radius 2 is 1.67 bits per heavy atom. The second-order valence-electron chi connectivity index (χ2n) is 5.32. The molecule has 0 saturated heterocycles. The monoisotopic (exact) mass is 272 g/mol. The first kappa shape index (κ1) is 12.2. The summed E-state index contributed by atoms with van der Waals surface area (Å²) >= 11 is 0. The van der Waals surface area contributed by atoms with E-state index in [2.05, 4.69) is 72.9 Å². The van der Waals surface area contributed by atoms with Crippen molar-refractivity contribution in [2.45, 2.75) is 13.8 Å². The molecule has 0 radical (unpaired) electrons. The van der Waals surface area contributed by atoms with Crippen LogP contribution in [0.5, 0.6) is 0 Å². The Hall–Kier alpha value is -2.61. The van der Waals surface area contributed by atoms with Gasteiger partial charge in [-0.15, -0.1) is 0 Å². The second-order valence-corrected chi connectivity index (χ2v) is 5.32. The zero-order valence-electron chi connectivity index (χ0n) is 12.2. The fraction of sp³-hybridized carbons (Fsp3) is 0.105. The summed E-state index contributed by atoms with van der Waals surface area (Å²) in [6, 6.07) is 16.9. The Labute approximate surface area is 123 Å². The first-order chi connectivity index (χ1) is 10.3. The Bertz CT molecular complexity index is 1010. The normalized spacial score (nSPS) is 12.1. The number of allylic oxidation sites excluding steroid dienone is 1. The lowest BCUT2D eigenvalue weighted by atomic mass is 10.0. The number of rotatable bonds is 1. The van der Waals surface area contributed by atoms with Crippen molar-refractivity contribution in [3.63, 3.8) is 0 Å². The summed E-state index contributed by atoms with van der Waals surface area (Å²) in [5.74, 6) is 0. The average Bonchev–Trinajstić information content (AvgIpc) is 2.91. The van der Waals surface area contributed by atoms with Gasteiger partial charge in [-0.1, -0.05) is 42.5 Å². The van der Waals surface area contributed by atoms with Crippen molar-refractivity contribution >= 4 is 33.7 Å². The van der Waals surface area contributed by atoms with Gasteiger partial charge >= 0.3 is 0 Å². The molecular formula is C19H16N2. The fourth-order valence-electron chi connectivity index (χ4n) is 3.12. The summed E-state index contributed by atoms with van der Waals surface area (Å²) in [5, 5.41) is 1.27. The smallest absolute Gasteiger partial charge is 0.141 e. The molecule has 102 valence electrons. The molecule has 4 rings (SSSR count). The minimum absolute atomic E-state index is 1.04. The van der Waals surface area contributed by atoms with Crippen molar-refractivity contribution in [2.24, 2.45) is 0 Å². The molecule has 0 N–H and O–H groups in total. The van der Waals surface area contributed by atoms with Crippen LogP contribution in [0.15, 0.2) is 54.6 Å². The molecule has 21 heavy (non-hydrogen) atoms. The van der Waals surface area contributed by atoms with Crippen molar-refractivity contribution < 1.29 is 0 Å². The zero-order chi connectivity index (χ0) is 14.4. The quantitative estimate of drug-likeness (QED) is 0.477. The van der Waals surface area contributed by atoms with Crippen molar-refractivity contribution in [3.8, 4) is 0 Å². The molecule has 2 heterocycles. The summed E-state index contributed by atoms with van der Waals surface area (Å²) in [6.45, 7) is 4.21. The van der Waals surface area contributed by atoms with E-state index in [1.807, 2.05) is 6.07 Å². The SMILES string of the molecule is C/C=C\c1c(C)c2nc3ccccc3n2c2ccccc12. The Balaban J connectivity index is 2.36. The first-order valence-electron chi connectivity index (χ1n) is 7.22. The molecule has 4 aromatic rings. The van der Waals surface area contributed by atoms with Gasteiger partial charge in [-0.25, -0.2) is 4.98 Å². The van der Waals surface area contributed by atoms with Gasteiger partial charge in [0.15, 0.2) is 0 Å². The molecular weight excluding hydrogens is 256 g/mol. The molecule has 2 aromatic heterocycles. The number of hydrogen-bond donors (Lipinski definition) is 0. The van der Waals surface area contributed by atoms with Crippen LogP contribution in [0.1, 0.15) is 18.1 Å². The van der Waals surface area contributed by atoms with Gasteiger partial charge in [0.05, 0.1) is 16.6 Å². The predicted molar refractivity (Wildman–Crippen MR) is 89.6 cm³/mol. The maximum absolute atomic E-state index is 4.84. The molecule has 0 aliphatic heterocycles. The predicted octanol–water partition coefficient (Wildman–Crippen LogP) is 4.98. The first-order valence-corrected chi connectivity index (χ1v) is 7.22. The maximum Gasteiger partial charge on any atom is 0.141 e. The van der Waals surface area contributed by atoms with E-state index >= 15 is 0 Å². The summed E-state index contributed by atoms with van der Waals surface area (Å²) in [6.07, 6.45) is 4.27. The van der Waals surface area contributed by atoms with Crippen LogP contribution in [0.4, 0.5) is 0 Å². The van der Waals surface area contributed by atoms with Crippen molar-refractivity contribution in [2.75, 3.05) is 0 Å². The molecule has 0 amide bonds. The van der Waals surface area contributed by atoms with E-state index in [0.29, 0.717) is 0 Å². The summed E-state index contributed by atoms with van der Waals surface area (Å²) in [5.41, 5.74) is 6.95. The maximum atomic E-state index is 4.84. The van der Waals surface area contributed by atoms with Crippen LogP contribution in [-0.2, 0) is 0 Å². The highest BCUT2D eigenvalue weighted by molar-refractivity contribution is 5.97. The standard InChI is InChI=1S/C19H16N2/c1-3-8-14-13(2)19-20-16-10-5-7-12-18(16)21(19)17-11-6-4-9-15(14)17/h3-12H,1-2H3/b8-3-. The number of benzene rings is 2. The number of aromatic nitrogens is 2. The van der Waals surface area contributed by atoms with Crippen LogP contribution in [0, 0.1) is 6.92 Å². The highest BCUT2D eigenvalue weighted by Gasteiger charge is 2.13. The Morgan fingerprint density at radius 1 is 0.952 bits per heavy atom. The van der Waals surface area contributed by atoms with Gasteiger partial charge in [0.1, 0.15) is 5.65 Å². The van der Waals surface area contributed by atoms with Crippen molar-refractivity contribution in [3.05, 3.63) is 65.7 Å². The fourth-order valence-corrected chi connectivity index (χ4v) is 3.12.